The molecule has 2 heterocycles. The number of anilines is 3. The molecule has 0 bridgehead atoms. The Morgan fingerprint density at radius 2 is 1.16 bits per heavy atom. The maximum atomic E-state index is 6.98. The normalized spacial score (nSPS) is 13.1. The number of fused-ring (bicyclic) bond motifs is 10. The van der Waals surface area contributed by atoms with Crippen molar-refractivity contribution in [1.82, 2.24) is 0 Å². The lowest BCUT2D eigenvalue weighted by molar-refractivity contribution is 0.660. The Morgan fingerprint density at radius 1 is 0.466 bits per heavy atom. The third-order valence-electron chi connectivity index (χ3n) is 12.5. The van der Waals surface area contributed by atoms with E-state index in [1.54, 1.807) is 0 Å². The molecule has 11 aromatic rings. The molecule has 9 aromatic carbocycles. The number of furan rings is 1. The lowest BCUT2D eigenvalue weighted by atomic mass is 9.81. The number of hydrogen-bond acceptors (Lipinski definition) is 3. The predicted octanol–water partition coefficient (Wildman–Crippen LogP) is 16.2. The highest BCUT2D eigenvalue weighted by Crippen LogP contribution is 2.52. The Bertz CT molecular complexity index is 3420. The van der Waals surface area contributed by atoms with Gasteiger partial charge >= 0.3 is 0 Å². The highest BCUT2D eigenvalue weighted by atomic mass is 32.1. The van der Waals surface area contributed by atoms with Gasteiger partial charge in [-0.05, 0) is 104 Å². The Balaban J connectivity index is 1.08. The second-order valence-electron chi connectivity index (χ2n) is 16.1. The van der Waals surface area contributed by atoms with E-state index in [-0.39, 0.29) is 5.41 Å². The van der Waals surface area contributed by atoms with Crippen molar-refractivity contribution in [3.05, 3.63) is 199 Å². The Hall–Kier alpha value is -6.94. The van der Waals surface area contributed by atoms with Gasteiger partial charge < -0.3 is 9.32 Å². The van der Waals surface area contributed by atoms with Crippen LogP contribution in [0.25, 0.3) is 86.3 Å². The van der Waals surface area contributed by atoms with Crippen molar-refractivity contribution in [3.8, 4) is 33.4 Å². The number of thiophene rings is 1. The van der Waals surface area contributed by atoms with Gasteiger partial charge in [0.15, 0.2) is 0 Å². The van der Waals surface area contributed by atoms with E-state index in [2.05, 4.69) is 207 Å². The van der Waals surface area contributed by atoms with Crippen LogP contribution in [0.1, 0.15) is 25.0 Å². The van der Waals surface area contributed by atoms with E-state index in [0.717, 1.165) is 44.6 Å². The van der Waals surface area contributed by atoms with Gasteiger partial charge in [0.1, 0.15) is 11.2 Å². The van der Waals surface area contributed by atoms with Gasteiger partial charge in [0, 0.05) is 48.6 Å². The Labute approximate surface area is 340 Å². The van der Waals surface area contributed by atoms with Crippen LogP contribution < -0.4 is 4.90 Å². The van der Waals surface area contributed by atoms with Crippen molar-refractivity contribution in [2.24, 2.45) is 0 Å². The fourth-order valence-electron chi connectivity index (χ4n) is 9.62. The minimum absolute atomic E-state index is 0.103. The summed E-state index contributed by atoms with van der Waals surface area (Å²) in [5, 5.41) is 7.17. The first-order valence-electron chi connectivity index (χ1n) is 20.0. The van der Waals surface area contributed by atoms with E-state index >= 15 is 0 Å². The second kappa shape index (κ2) is 12.5. The molecule has 0 aliphatic heterocycles. The van der Waals surface area contributed by atoms with Crippen molar-refractivity contribution >= 4 is 81.3 Å². The van der Waals surface area contributed by atoms with Gasteiger partial charge in [0.05, 0.1) is 10.4 Å². The number of rotatable bonds is 5. The monoisotopic (exact) mass is 759 g/mol. The number of hydrogen-bond donors (Lipinski definition) is 0. The zero-order valence-corrected chi connectivity index (χ0v) is 33.0. The Kier molecular flexibility index (Phi) is 7.18. The summed E-state index contributed by atoms with van der Waals surface area (Å²) in [4.78, 5) is 2.42. The molecule has 0 unspecified atom stereocenters. The van der Waals surface area contributed by atoms with Gasteiger partial charge in [-0.25, -0.2) is 0 Å². The van der Waals surface area contributed by atoms with Crippen molar-refractivity contribution in [2.75, 3.05) is 4.90 Å². The van der Waals surface area contributed by atoms with Crippen molar-refractivity contribution in [3.63, 3.8) is 0 Å². The van der Waals surface area contributed by atoms with Crippen LogP contribution in [-0.4, -0.2) is 0 Å². The first kappa shape index (κ1) is 33.2. The fraction of sp³-hybridized carbons (Fsp3) is 0.0545. The van der Waals surface area contributed by atoms with Gasteiger partial charge in [0.2, 0.25) is 0 Å². The third kappa shape index (κ3) is 4.90. The van der Waals surface area contributed by atoms with Crippen LogP contribution in [0, 0.1) is 0 Å². The first-order chi connectivity index (χ1) is 28.5. The molecule has 0 radical (unpaired) electrons. The molecule has 0 saturated carbocycles. The van der Waals surface area contributed by atoms with E-state index in [4.69, 9.17) is 4.42 Å². The van der Waals surface area contributed by atoms with Crippen LogP contribution >= 0.6 is 11.3 Å². The molecule has 12 rings (SSSR count). The summed E-state index contributed by atoms with van der Waals surface area (Å²) in [5.41, 5.74) is 15.2. The highest BCUT2D eigenvalue weighted by molar-refractivity contribution is 7.26. The number of benzene rings is 9. The van der Waals surface area contributed by atoms with Gasteiger partial charge in [-0.1, -0.05) is 147 Å². The minimum atomic E-state index is -0.103. The molecule has 3 heteroatoms. The SMILES string of the molecule is CC1(C)c2ccccc2-c2ccc(-c3c4ccccc4cc4c3oc3ccc(N(c5ccc(-c6ccccc6)cc5)c5cccc6c5sc5ccccc56)cc34)cc21. The minimum Gasteiger partial charge on any atom is -0.455 e. The van der Waals surface area contributed by atoms with E-state index in [1.807, 2.05) is 11.3 Å². The van der Waals surface area contributed by atoms with Gasteiger partial charge in [-0.2, -0.15) is 0 Å². The molecule has 0 saturated heterocycles. The molecule has 0 amide bonds. The quantitative estimate of drug-likeness (QED) is 0.174. The summed E-state index contributed by atoms with van der Waals surface area (Å²) in [6, 6.07) is 68.7. The van der Waals surface area contributed by atoms with Gasteiger partial charge in [0.25, 0.3) is 0 Å². The molecule has 1 aliphatic carbocycles. The van der Waals surface area contributed by atoms with Crippen LogP contribution in [0.4, 0.5) is 17.1 Å². The molecular weight excluding hydrogens is 723 g/mol. The van der Waals surface area contributed by atoms with Crippen LogP contribution in [0.2, 0.25) is 0 Å². The molecule has 2 nitrogen and oxygen atoms in total. The van der Waals surface area contributed by atoms with Crippen LogP contribution in [0.3, 0.4) is 0 Å². The number of nitrogens with zero attached hydrogens (tertiary/aromatic N) is 1. The molecule has 274 valence electrons. The molecule has 0 spiro atoms. The van der Waals surface area contributed by atoms with E-state index in [9.17, 15) is 0 Å². The maximum absolute atomic E-state index is 6.98. The lowest BCUT2D eigenvalue weighted by Gasteiger charge is -2.26. The van der Waals surface area contributed by atoms with Gasteiger partial charge in [-0.3, -0.25) is 0 Å². The predicted molar refractivity (Wildman–Crippen MR) is 247 cm³/mol. The summed E-state index contributed by atoms with van der Waals surface area (Å²) in [6.07, 6.45) is 0. The second-order valence-corrected chi connectivity index (χ2v) is 17.1. The van der Waals surface area contributed by atoms with E-state index < -0.39 is 0 Å². The van der Waals surface area contributed by atoms with Crippen molar-refractivity contribution in [1.29, 1.82) is 0 Å². The lowest BCUT2D eigenvalue weighted by Crippen LogP contribution is -2.14. The largest absolute Gasteiger partial charge is 0.455 e. The fourth-order valence-corrected chi connectivity index (χ4v) is 10.8. The summed E-state index contributed by atoms with van der Waals surface area (Å²) in [5.74, 6) is 0. The molecule has 0 N–H and O–H groups in total. The molecule has 1 aliphatic rings. The molecule has 2 aromatic heterocycles. The smallest absolute Gasteiger partial charge is 0.143 e. The van der Waals surface area contributed by atoms with Crippen LogP contribution in [0.5, 0.6) is 0 Å². The summed E-state index contributed by atoms with van der Waals surface area (Å²) < 4.78 is 9.54. The standard InChI is InChI=1S/C55H37NOS/c1-55(2)47-20-10-8-17-41(47)42-29-25-37(32-48(42)55)52-40-16-7-6-15-36(40)31-46-45-33-39(28-30-50(45)57-53(46)52)56(38-26-23-35(24-27-38)34-13-4-3-5-14-34)49-21-12-19-44-43-18-9-11-22-51(43)58-54(44)49/h3-33H,1-2H3. The average Bonchev–Trinajstić information content (AvgIpc) is 3.91. The van der Waals surface area contributed by atoms with Crippen molar-refractivity contribution < 1.29 is 4.42 Å². The summed E-state index contributed by atoms with van der Waals surface area (Å²) >= 11 is 1.86. The first-order valence-corrected chi connectivity index (χ1v) is 20.8. The third-order valence-corrected chi connectivity index (χ3v) is 13.7. The van der Waals surface area contributed by atoms with E-state index in [1.165, 1.54) is 69.9 Å². The zero-order chi connectivity index (χ0) is 38.5. The summed E-state index contributed by atoms with van der Waals surface area (Å²) in [7, 11) is 0. The van der Waals surface area contributed by atoms with Crippen LogP contribution in [0.15, 0.2) is 192 Å². The molecular formula is C55H37NOS. The average molecular weight is 760 g/mol. The summed E-state index contributed by atoms with van der Waals surface area (Å²) in [6.45, 7) is 4.70. The zero-order valence-electron chi connectivity index (χ0n) is 32.2. The van der Waals surface area contributed by atoms with E-state index in [0.29, 0.717) is 0 Å². The topological polar surface area (TPSA) is 16.4 Å². The maximum Gasteiger partial charge on any atom is 0.143 e. The molecule has 0 fully saturated rings. The van der Waals surface area contributed by atoms with Gasteiger partial charge in [-0.15, -0.1) is 11.3 Å². The molecule has 0 atom stereocenters. The molecule has 58 heavy (non-hydrogen) atoms. The van der Waals surface area contributed by atoms with Crippen LogP contribution in [-0.2, 0) is 5.41 Å². The Morgan fingerprint density at radius 3 is 2.03 bits per heavy atom. The van der Waals surface area contributed by atoms with Crippen molar-refractivity contribution in [2.45, 2.75) is 19.3 Å². The highest BCUT2D eigenvalue weighted by Gasteiger charge is 2.35.